The number of H-pyrrole nitrogens is 1. The number of aromatic nitrogens is 5. The molecule has 1 atom stereocenters. The van der Waals surface area contributed by atoms with E-state index < -0.39 is 0 Å². The smallest absolute Gasteiger partial charge is 0.232 e. The van der Waals surface area contributed by atoms with Crippen LogP contribution in [0.4, 0.5) is 5.82 Å². The van der Waals surface area contributed by atoms with E-state index in [1.807, 2.05) is 13.0 Å². The van der Waals surface area contributed by atoms with Gasteiger partial charge in [-0.15, -0.1) is 11.3 Å². The molecule has 4 rings (SSSR count). The van der Waals surface area contributed by atoms with Crippen LogP contribution in [0.5, 0.6) is 0 Å². The summed E-state index contributed by atoms with van der Waals surface area (Å²) in [5.41, 5.74) is 1.89. The average Bonchev–Trinajstić information content (AvgIpc) is 2.98. The number of hydrogen-bond acceptors (Lipinski definition) is 5. The van der Waals surface area contributed by atoms with Gasteiger partial charge in [0.05, 0.1) is 12.1 Å². The van der Waals surface area contributed by atoms with E-state index in [-0.39, 0.29) is 11.8 Å². The maximum atomic E-state index is 12.4. The highest BCUT2D eigenvalue weighted by Crippen LogP contribution is 2.39. The van der Waals surface area contributed by atoms with Crippen LogP contribution in [-0.2, 0) is 4.79 Å². The Kier molecular flexibility index (Phi) is 3.85. The number of amides is 1. The summed E-state index contributed by atoms with van der Waals surface area (Å²) in [5.74, 6) is 0.660. The Hall–Kier alpha value is -2.19. The molecule has 1 aliphatic rings. The van der Waals surface area contributed by atoms with Crippen LogP contribution in [0.1, 0.15) is 42.9 Å². The number of aromatic amines is 1. The van der Waals surface area contributed by atoms with Crippen molar-refractivity contribution in [2.24, 2.45) is 0 Å². The molecule has 7 nitrogen and oxygen atoms in total. The summed E-state index contributed by atoms with van der Waals surface area (Å²) in [6, 6.07) is 1.91. The molecule has 0 bridgehead atoms. The molecule has 0 spiro atoms. The lowest BCUT2D eigenvalue weighted by Gasteiger charge is -2.08. The zero-order chi connectivity index (χ0) is 16.7. The van der Waals surface area contributed by atoms with Crippen molar-refractivity contribution in [3.8, 4) is 5.13 Å². The van der Waals surface area contributed by atoms with Gasteiger partial charge >= 0.3 is 0 Å². The molecule has 1 amide bonds. The molecular weight excluding hydrogens is 348 g/mol. The van der Waals surface area contributed by atoms with Gasteiger partial charge < -0.3 is 5.32 Å². The summed E-state index contributed by atoms with van der Waals surface area (Å²) in [4.78, 5) is 16.6. The Morgan fingerprint density at radius 1 is 1.54 bits per heavy atom. The van der Waals surface area contributed by atoms with Crippen molar-refractivity contribution in [2.75, 3.05) is 5.32 Å². The van der Waals surface area contributed by atoms with Crippen molar-refractivity contribution in [1.82, 2.24) is 25.0 Å². The lowest BCUT2D eigenvalue weighted by Crippen LogP contribution is -2.18. The van der Waals surface area contributed by atoms with Crippen molar-refractivity contribution in [3.05, 3.63) is 40.3 Å². The third-order valence-electron chi connectivity index (χ3n) is 4.02. The molecule has 1 aliphatic carbocycles. The van der Waals surface area contributed by atoms with Gasteiger partial charge in [0, 0.05) is 34.8 Å². The minimum Gasteiger partial charge on any atom is -0.309 e. The van der Waals surface area contributed by atoms with Crippen LogP contribution in [0.3, 0.4) is 0 Å². The van der Waals surface area contributed by atoms with Gasteiger partial charge in [0.2, 0.25) is 11.0 Å². The van der Waals surface area contributed by atoms with Crippen molar-refractivity contribution < 1.29 is 4.79 Å². The number of carbonyl (C=O) groups is 1. The molecule has 1 saturated carbocycles. The largest absolute Gasteiger partial charge is 0.309 e. The van der Waals surface area contributed by atoms with Crippen LogP contribution in [0.25, 0.3) is 5.13 Å². The molecule has 2 N–H and O–H groups in total. The number of nitrogens with zero attached hydrogens (tertiary/aromatic N) is 4. The second-order valence-electron chi connectivity index (χ2n) is 5.86. The Morgan fingerprint density at radius 2 is 2.38 bits per heavy atom. The molecule has 3 aromatic rings. The van der Waals surface area contributed by atoms with E-state index >= 15 is 0 Å². The fourth-order valence-corrected chi connectivity index (χ4v) is 3.28. The summed E-state index contributed by atoms with van der Waals surface area (Å²) >= 11 is 7.23. The first-order chi connectivity index (χ1) is 11.6. The Labute approximate surface area is 147 Å². The highest BCUT2D eigenvalue weighted by Gasteiger charge is 2.26. The zero-order valence-corrected chi connectivity index (χ0v) is 14.4. The number of hydrogen-bond donors (Lipinski definition) is 2. The molecule has 1 unspecified atom stereocenters. The van der Waals surface area contributed by atoms with Crippen molar-refractivity contribution in [1.29, 1.82) is 0 Å². The number of thiazole rings is 1. The molecule has 9 heteroatoms. The van der Waals surface area contributed by atoms with Gasteiger partial charge in [-0.25, -0.2) is 9.67 Å². The Bertz CT molecular complexity index is 880. The number of halogens is 1. The summed E-state index contributed by atoms with van der Waals surface area (Å²) < 4.78 is 1.62. The van der Waals surface area contributed by atoms with E-state index in [9.17, 15) is 4.79 Å². The van der Waals surface area contributed by atoms with Gasteiger partial charge in [-0.3, -0.25) is 9.89 Å². The predicted octanol–water partition coefficient (Wildman–Crippen LogP) is 3.32. The van der Waals surface area contributed by atoms with Gasteiger partial charge in [-0.05, 0) is 19.8 Å². The topological polar surface area (TPSA) is 88.5 Å². The maximum absolute atomic E-state index is 12.4. The number of rotatable bonds is 5. The third kappa shape index (κ3) is 3.07. The molecule has 0 aliphatic heterocycles. The van der Waals surface area contributed by atoms with Gasteiger partial charge in [-0.2, -0.15) is 10.2 Å². The minimum atomic E-state index is -0.352. The Balaban J connectivity index is 1.45. The normalized spacial score (nSPS) is 15.4. The quantitative estimate of drug-likeness (QED) is 0.728. The zero-order valence-electron chi connectivity index (χ0n) is 12.9. The van der Waals surface area contributed by atoms with Crippen molar-refractivity contribution >= 4 is 34.7 Å². The second-order valence-corrected chi connectivity index (χ2v) is 7.09. The summed E-state index contributed by atoms with van der Waals surface area (Å²) in [5, 5.41) is 17.1. The van der Waals surface area contributed by atoms with E-state index in [0.717, 1.165) is 11.3 Å². The molecule has 3 aromatic heterocycles. The summed E-state index contributed by atoms with van der Waals surface area (Å²) in [6.07, 6.45) is 5.83. The molecule has 124 valence electrons. The molecular formula is C15H15ClN6OS. The van der Waals surface area contributed by atoms with Crippen LogP contribution >= 0.6 is 22.9 Å². The predicted molar refractivity (Wildman–Crippen MR) is 91.9 cm³/mol. The summed E-state index contributed by atoms with van der Waals surface area (Å²) in [7, 11) is 0. The van der Waals surface area contributed by atoms with Crippen LogP contribution in [-0.4, -0.2) is 30.9 Å². The summed E-state index contributed by atoms with van der Waals surface area (Å²) in [6.45, 7) is 1.83. The van der Waals surface area contributed by atoms with Gasteiger partial charge in [0.1, 0.15) is 5.15 Å². The van der Waals surface area contributed by atoms with Gasteiger partial charge in [0.15, 0.2) is 5.82 Å². The first-order valence-corrected chi connectivity index (χ1v) is 8.88. The lowest BCUT2D eigenvalue weighted by atomic mass is 10.0. The van der Waals surface area contributed by atoms with E-state index in [4.69, 9.17) is 11.6 Å². The fraction of sp³-hybridized carbons (Fsp3) is 0.333. The lowest BCUT2D eigenvalue weighted by molar-refractivity contribution is -0.117. The standard InChI is InChI=1S/C15H15ClN6OS/c1-8(10-5-17-22(6-10)15-18-12(16)7-24-15)14(23)19-13-4-11(20-21-13)9-2-3-9/h4-9H,2-3H2,1H3,(H2,19,20,21,23). The molecule has 0 radical (unpaired) electrons. The highest BCUT2D eigenvalue weighted by molar-refractivity contribution is 7.12. The second kappa shape index (κ2) is 6.03. The average molecular weight is 363 g/mol. The van der Waals surface area contributed by atoms with Crippen molar-refractivity contribution in [2.45, 2.75) is 31.6 Å². The fourth-order valence-electron chi connectivity index (χ4n) is 2.41. The molecule has 0 aromatic carbocycles. The first kappa shape index (κ1) is 15.3. The van der Waals surface area contributed by atoms with E-state index in [0.29, 0.717) is 22.0 Å². The number of nitrogens with one attached hydrogen (secondary N) is 2. The monoisotopic (exact) mass is 362 g/mol. The SMILES string of the molecule is CC(C(=O)Nc1cc(C2CC2)[nH]n1)c1cnn(-c2nc(Cl)cs2)c1. The van der Waals surface area contributed by atoms with E-state index in [1.165, 1.54) is 24.2 Å². The molecule has 24 heavy (non-hydrogen) atoms. The third-order valence-corrected chi connectivity index (χ3v) is 5.18. The maximum Gasteiger partial charge on any atom is 0.232 e. The van der Waals surface area contributed by atoms with Crippen LogP contribution in [0, 0.1) is 0 Å². The van der Waals surface area contributed by atoms with Gasteiger partial charge in [0.25, 0.3) is 0 Å². The van der Waals surface area contributed by atoms with Crippen LogP contribution in [0.2, 0.25) is 5.15 Å². The first-order valence-electron chi connectivity index (χ1n) is 7.62. The minimum absolute atomic E-state index is 0.124. The molecule has 0 saturated heterocycles. The Morgan fingerprint density at radius 3 is 3.08 bits per heavy atom. The van der Waals surface area contributed by atoms with Crippen molar-refractivity contribution in [3.63, 3.8) is 0 Å². The van der Waals surface area contributed by atoms with Crippen LogP contribution in [0.15, 0.2) is 23.8 Å². The molecule has 1 fully saturated rings. The van der Waals surface area contributed by atoms with E-state index in [2.05, 4.69) is 25.6 Å². The van der Waals surface area contributed by atoms with Crippen LogP contribution < -0.4 is 5.32 Å². The molecule has 3 heterocycles. The number of anilines is 1. The van der Waals surface area contributed by atoms with Gasteiger partial charge in [-0.1, -0.05) is 11.6 Å². The number of carbonyl (C=O) groups excluding carboxylic acids is 1. The van der Waals surface area contributed by atoms with E-state index in [1.54, 1.807) is 22.5 Å². The highest BCUT2D eigenvalue weighted by atomic mass is 35.5.